The fourth-order valence-electron chi connectivity index (χ4n) is 2.71. The Morgan fingerprint density at radius 3 is 2.23 bits per heavy atom. The molecule has 0 saturated heterocycles. The van der Waals surface area contributed by atoms with Crippen molar-refractivity contribution < 1.29 is 24.2 Å². The van der Waals surface area contributed by atoms with Gasteiger partial charge in [0.1, 0.15) is 5.56 Å². The van der Waals surface area contributed by atoms with E-state index in [4.69, 9.17) is 4.74 Å². The van der Waals surface area contributed by atoms with E-state index in [1.807, 2.05) is 0 Å². The molecule has 0 bridgehead atoms. The second kappa shape index (κ2) is 8.82. The van der Waals surface area contributed by atoms with E-state index in [9.17, 15) is 29.8 Å². The maximum absolute atomic E-state index is 12.8. The summed E-state index contributed by atoms with van der Waals surface area (Å²) in [6.07, 6.45) is 1.20. The van der Waals surface area contributed by atoms with Gasteiger partial charge in [-0.25, -0.2) is 9.48 Å². The molecule has 1 amide bonds. The highest BCUT2D eigenvalue weighted by Gasteiger charge is 2.24. The molecular weight excluding hydrogens is 410 g/mol. The van der Waals surface area contributed by atoms with Crippen LogP contribution in [0.1, 0.15) is 27.6 Å². The number of hydrogen-bond donors (Lipinski definition) is 1. The molecule has 0 unspecified atom stereocenters. The van der Waals surface area contributed by atoms with Crippen molar-refractivity contribution >= 4 is 29.1 Å². The van der Waals surface area contributed by atoms with Crippen molar-refractivity contribution in [2.24, 2.45) is 0 Å². The average molecular weight is 425 g/mol. The normalized spacial score (nSPS) is 10.4. The highest BCUT2D eigenvalue weighted by Crippen LogP contribution is 2.25. The van der Waals surface area contributed by atoms with Crippen LogP contribution >= 0.6 is 0 Å². The number of benzene rings is 2. The number of non-ortho nitro benzene ring substituents is 2. The van der Waals surface area contributed by atoms with Crippen molar-refractivity contribution in [3.05, 3.63) is 86.1 Å². The number of aromatic nitrogens is 2. The molecular formula is C19H15N5O7. The second-order valence-electron chi connectivity index (χ2n) is 6.08. The van der Waals surface area contributed by atoms with Crippen LogP contribution in [0.2, 0.25) is 0 Å². The topological polar surface area (TPSA) is 160 Å². The van der Waals surface area contributed by atoms with Crippen LogP contribution in [0, 0.1) is 20.2 Å². The number of amides is 1. The predicted octanol–water partition coefficient (Wildman–Crippen LogP) is 3.12. The first-order valence-electron chi connectivity index (χ1n) is 8.87. The van der Waals surface area contributed by atoms with Gasteiger partial charge < -0.3 is 10.1 Å². The Morgan fingerprint density at radius 2 is 1.68 bits per heavy atom. The quantitative estimate of drug-likeness (QED) is 0.343. The van der Waals surface area contributed by atoms with Gasteiger partial charge in [-0.15, -0.1) is 0 Å². The lowest BCUT2D eigenvalue weighted by atomic mass is 10.1. The molecule has 2 aromatic carbocycles. The van der Waals surface area contributed by atoms with Crippen molar-refractivity contribution in [1.29, 1.82) is 0 Å². The van der Waals surface area contributed by atoms with E-state index in [1.165, 1.54) is 10.9 Å². The Kier molecular flexibility index (Phi) is 6.00. The van der Waals surface area contributed by atoms with Gasteiger partial charge in [0.15, 0.2) is 5.82 Å². The van der Waals surface area contributed by atoms with E-state index in [2.05, 4.69) is 10.4 Å². The molecule has 12 heteroatoms. The zero-order valence-electron chi connectivity index (χ0n) is 16.0. The van der Waals surface area contributed by atoms with Gasteiger partial charge in [0.2, 0.25) is 0 Å². The molecule has 1 N–H and O–H groups in total. The molecule has 0 aliphatic rings. The minimum Gasteiger partial charge on any atom is -0.462 e. The summed E-state index contributed by atoms with van der Waals surface area (Å²) in [6, 6.07) is 11.1. The summed E-state index contributed by atoms with van der Waals surface area (Å²) in [7, 11) is 0. The van der Waals surface area contributed by atoms with Gasteiger partial charge in [0, 0.05) is 12.1 Å². The maximum atomic E-state index is 12.8. The van der Waals surface area contributed by atoms with Gasteiger partial charge in [-0.1, -0.05) is 18.2 Å². The molecule has 0 radical (unpaired) electrons. The van der Waals surface area contributed by atoms with Crippen LogP contribution in [0.25, 0.3) is 5.69 Å². The van der Waals surface area contributed by atoms with Crippen LogP contribution in [-0.4, -0.2) is 38.1 Å². The molecule has 1 heterocycles. The van der Waals surface area contributed by atoms with Crippen LogP contribution in [0.15, 0.2) is 54.7 Å². The number of ether oxygens (including phenoxy) is 1. The lowest BCUT2D eigenvalue weighted by Gasteiger charge is -2.11. The van der Waals surface area contributed by atoms with Gasteiger partial charge in [-0.2, -0.15) is 5.10 Å². The highest BCUT2D eigenvalue weighted by molar-refractivity contribution is 6.08. The van der Waals surface area contributed by atoms with Gasteiger partial charge in [0.25, 0.3) is 17.3 Å². The maximum Gasteiger partial charge on any atom is 0.343 e. The Hall–Kier alpha value is -4.61. The average Bonchev–Trinajstić information content (AvgIpc) is 3.17. The molecule has 0 aliphatic carbocycles. The number of anilines is 1. The first-order chi connectivity index (χ1) is 14.8. The fraction of sp³-hybridized carbons (Fsp3) is 0.105. The van der Waals surface area contributed by atoms with Gasteiger partial charge >= 0.3 is 5.97 Å². The first-order valence-corrected chi connectivity index (χ1v) is 8.87. The number of carbonyl (C=O) groups excluding carboxylic acids is 2. The largest absolute Gasteiger partial charge is 0.462 e. The number of nitrogens with one attached hydrogen (secondary N) is 1. The number of nitro benzene ring substituents is 2. The lowest BCUT2D eigenvalue weighted by molar-refractivity contribution is -0.394. The molecule has 3 rings (SSSR count). The summed E-state index contributed by atoms with van der Waals surface area (Å²) in [4.78, 5) is 45.6. The summed E-state index contributed by atoms with van der Waals surface area (Å²) < 4.78 is 6.26. The van der Waals surface area contributed by atoms with Gasteiger partial charge in [0.05, 0.1) is 40.0 Å². The smallest absolute Gasteiger partial charge is 0.343 e. The molecule has 158 valence electrons. The summed E-state index contributed by atoms with van der Waals surface area (Å²) in [5.41, 5.74) is -1.13. The van der Waals surface area contributed by atoms with Crippen LogP contribution in [0.4, 0.5) is 17.2 Å². The molecule has 12 nitrogen and oxygen atoms in total. The highest BCUT2D eigenvalue weighted by atomic mass is 16.6. The van der Waals surface area contributed by atoms with E-state index < -0.39 is 33.1 Å². The standard InChI is InChI=1S/C19H15N5O7/c1-2-31-19(26)16-11-20-22(13-6-4-3-5-7-13)17(16)21-18(25)12-8-14(23(27)28)10-15(9-12)24(29)30/h3-11H,2H2,1H3,(H,21,25). The number of esters is 1. The summed E-state index contributed by atoms with van der Waals surface area (Å²) >= 11 is 0. The summed E-state index contributed by atoms with van der Waals surface area (Å²) in [5, 5.41) is 28.8. The Bertz CT molecular complexity index is 1140. The van der Waals surface area contributed by atoms with E-state index >= 15 is 0 Å². The van der Waals surface area contributed by atoms with Crippen LogP contribution in [0.3, 0.4) is 0 Å². The summed E-state index contributed by atoms with van der Waals surface area (Å²) in [5.74, 6) is -1.70. The van der Waals surface area contributed by atoms with Crippen LogP contribution in [0.5, 0.6) is 0 Å². The Labute approximate surface area is 174 Å². The zero-order valence-corrected chi connectivity index (χ0v) is 16.0. The van der Waals surface area contributed by atoms with Crippen molar-refractivity contribution in [2.45, 2.75) is 6.92 Å². The molecule has 1 aromatic heterocycles. The van der Waals surface area contributed by atoms with Crippen molar-refractivity contribution in [3.8, 4) is 5.69 Å². The SMILES string of the molecule is CCOC(=O)c1cnn(-c2ccccc2)c1NC(=O)c1cc([N+](=O)[O-])cc([N+](=O)[O-])c1. The molecule has 0 fully saturated rings. The van der Waals surface area contributed by atoms with Crippen molar-refractivity contribution in [1.82, 2.24) is 9.78 Å². The summed E-state index contributed by atoms with van der Waals surface area (Å²) in [6.45, 7) is 1.69. The van der Waals surface area contributed by atoms with Gasteiger partial charge in [-0.05, 0) is 19.1 Å². The minimum atomic E-state index is -0.907. The third-order valence-electron chi connectivity index (χ3n) is 4.08. The van der Waals surface area contributed by atoms with Crippen LogP contribution < -0.4 is 5.32 Å². The number of nitro groups is 2. The first kappa shape index (κ1) is 21.1. The number of carbonyl (C=O) groups is 2. The Morgan fingerprint density at radius 1 is 1.06 bits per heavy atom. The number of nitrogens with zero attached hydrogens (tertiary/aromatic N) is 4. The van der Waals surface area contributed by atoms with E-state index in [0.717, 1.165) is 18.2 Å². The molecule has 0 atom stereocenters. The number of para-hydroxylation sites is 1. The van der Waals surface area contributed by atoms with E-state index in [1.54, 1.807) is 37.3 Å². The minimum absolute atomic E-state index is 0.0520. The molecule has 3 aromatic rings. The molecule has 31 heavy (non-hydrogen) atoms. The van der Waals surface area contributed by atoms with Gasteiger partial charge in [-0.3, -0.25) is 25.0 Å². The number of hydrogen-bond acceptors (Lipinski definition) is 8. The van der Waals surface area contributed by atoms with Crippen molar-refractivity contribution in [3.63, 3.8) is 0 Å². The Balaban J connectivity index is 2.06. The molecule has 0 aliphatic heterocycles. The monoisotopic (exact) mass is 425 g/mol. The van der Waals surface area contributed by atoms with Crippen molar-refractivity contribution in [2.75, 3.05) is 11.9 Å². The predicted molar refractivity (Wildman–Crippen MR) is 107 cm³/mol. The fourth-order valence-corrected chi connectivity index (χ4v) is 2.71. The van der Waals surface area contributed by atoms with Crippen LogP contribution in [-0.2, 0) is 4.74 Å². The number of rotatable bonds is 7. The third-order valence-corrected chi connectivity index (χ3v) is 4.08. The molecule has 0 spiro atoms. The van der Waals surface area contributed by atoms with E-state index in [-0.39, 0.29) is 23.6 Å². The zero-order chi connectivity index (χ0) is 22.5. The second-order valence-corrected chi connectivity index (χ2v) is 6.08. The molecule has 0 saturated carbocycles. The van der Waals surface area contributed by atoms with E-state index in [0.29, 0.717) is 5.69 Å². The third kappa shape index (κ3) is 4.53. The lowest BCUT2D eigenvalue weighted by Crippen LogP contribution is -2.18.